The summed E-state index contributed by atoms with van der Waals surface area (Å²) in [5, 5.41) is 19.0. The highest BCUT2D eigenvalue weighted by atomic mass is 19.3. The monoisotopic (exact) mass is 419 g/mol. The summed E-state index contributed by atoms with van der Waals surface area (Å²) in [6.45, 7) is 2.11. The van der Waals surface area contributed by atoms with E-state index in [0.29, 0.717) is 19.3 Å². The maximum Gasteiger partial charge on any atom is 0.335 e. The molecule has 2 unspecified atom stereocenters. The van der Waals surface area contributed by atoms with Crippen LogP contribution in [-0.2, 0) is 11.2 Å². The number of aromatic carboxylic acids is 1. The number of benzene rings is 1. The van der Waals surface area contributed by atoms with Crippen LogP contribution in [0.1, 0.15) is 54.9 Å². The molecule has 1 aromatic rings. The summed E-state index contributed by atoms with van der Waals surface area (Å²) in [4.78, 5) is 24.1. The van der Waals surface area contributed by atoms with Crippen LogP contribution in [0, 0.1) is 11.8 Å². The van der Waals surface area contributed by atoms with E-state index in [0.717, 1.165) is 23.3 Å². The van der Waals surface area contributed by atoms with Crippen molar-refractivity contribution in [2.24, 2.45) is 0 Å². The molecule has 0 bridgehead atoms. The van der Waals surface area contributed by atoms with Crippen LogP contribution >= 0.6 is 0 Å². The van der Waals surface area contributed by atoms with Gasteiger partial charge in [0.1, 0.15) is 0 Å². The number of alkyl halides is 2. The van der Waals surface area contributed by atoms with Gasteiger partial charge in [-0.2, -0.15) is 8.78 Å². The summed E-state index contributed by atoms with van der Waals surface area (Å²) >= 11 is 0. The third-order valence-corrected chi connectivity index (χ3v) is 4.90. The third-order valence-electron chi connectivity index (χ3n) is 4.90. The molecule has 0 radical (unpaired) electrons. The molecule has 7 heteroatoms. The van der Waals surface area contributed by atoms with Crippen LogP contribution in [0.4, 0.5) is 8.78 Å². The van der Waals surface area contributed by atoms with Crippen molar-refractivity contribution >= 4 is 11.9 Å². The Hall–Kier alpha value is -2.72. The minimum Gasteiger partial charge on any atom is -0.478 e. The number of rotatable bonds is 9. The maximum atomic E-state index is 14.0. The average molecular weight is 419 g/mol. The number of carboxylic acids is 1. The zero-order valence-corrected chi connectivity index (χ0v) is 17.0. The van der Waals surface area contributed by atoms with Crippen molar-refractivity contribution in [3.8, 4) is 11.8 Å². The number of carbonyl (C=O) groups excluding carboxylic acids is 1. The van der Waals surface area contributed by atoms with Crippen LogP contribution in [0.2, 0.25) is 0 Å². The van der Waals surface area contributed by atoms with Gasteiger partial charge in [0.25, 0.3) is 5.91 Å². The van der Waals surface area contributed by atoms with Crippen molar-refractivity contribution in [3.05, 3.63) is 47.5 Å². The molecule has 0 aliphatic carbocycles. The van der Waals surface area contributed by atoms with E-state index in [4.69, 9.17) is 5.11 Å². The van der Waals surface area contributed by atoms with Crippen LogP contribution in [0.15, 0.2) is 36.4 Å². The SMILES string of the molecule is CCCC#CCCC(O)C=CC1CC(F)(F)C(=O)N1CCc1ccc(C(=O)O)cc1. The predicted octanol–water partition coefficient (Wildman–Crippen LogP) is 3.66. The number of aliphatic hydroxyl groups excluding tert-OH is 1. The molecule has 2 atom stereocenters. The van der Waals surface area contributed by atoms with Crippen molar-refractivity contribution in [1.29, 1.82) is 0 Å². The lowest BCUT2D eigenvalue weighted by Gasteiger charge is -2.22. The normalized spacial score (nSPS) is 19.0. The molecule has 0 aromatic heterocycles. The van der Waals surface area contributed by atoms with Gasteiger partial charge < -0.3 is 15.1 Å². The van der Waals surface area contributed by atoms with Crippen molar-refractivity contribution in [2.45, 2.75) is 63.5 Å². The fourth-order valence-electron chi connectivity index (χ4n) is 3.20. The quantitative estimate of drug-likeness (QED) is 0.473. The Labute approximate surface area is 175 Å². The molecule has 162 valence electrons. The lowest BCUT2D eigenvalue weighted by molar-refractivity contribution is -0.148. The van der Waals surface area contributed by atoms with Crippen molar-refractivity contribution in [1.82, 2.24) is 4.90 Å². The van der Waals surface area contributed by atoms with Gasteiger partial charge in [-0.1, -0.05) is 31.2 Å². The fourth-order valence-corrected chi connectivity index (χ4v) is 3.20. The van der Waals surface area contributed by atoms with Crippen molar-refractivity contribution in [2.75, 3.05) is 6.54 Å². The summed E-state index contributed by atoms with van der Waals surface area (Å²) in [5.74, 6) is 0.242. The second kappa shape index (κ2) is 10.9. The summed E-state index contributed by atoms with van der Waals surface area (Å²) < 4.78 is 28.0. The third kappa shape index (κ3) is 6.67. The van der Waals surface area contributed by atoms with Crippen LogP contribution in [0.3, 0.4) is 0 Å². The first-order valence-electron chi connectivity index (χ1n) is 10.1. The number of carboxylic acid groups (broad SMARTS) is 1. The molecular weight excluding hydrogens is 392 g/mol. The Morgan fingerprint density at radius 2 is 1.97 bits per heavy atom. The van der Waals surface area contributed by atoms with E-state index in [1.165, 1.54) is 24.3 Å². The van der Waals surface area contributed by atoms with Gasteiger partial charge in [-0.25, -0.2) is 4.79 Å². The number of amides is 1. The number of halogens is 2. The van der Waals surface area contributed by atoms with E-state index in [1.54, 1.807) is 12.1 Å². The maximum absolute atomic E-state index is 14.0. The first-order valence-corrected chi connectivity index (χ1v) is 10.1. The largest absolute Gasteiger partial charge is 0.478 e. The second-order valence-corrected chi connectivity index (χ2v) is 7.32. The lowest BCUT2D eigenvalue weighted by Crippen LogP contribution is -2.37. The zero-order valence-electron chi connectivity index (χ0n) is 17.0. The molecule has 1 aliphatic rings. The molecule has 2 rings (SSSR count). The Bertz CT molecular complexity index is 824. The molecule has 0 saturated carbocycles. The molecule has 1 amide bonds. The van der Waals surface area contributed by atoms with Gasteiger partial charge in [-0.05, 0) is 37.0 Å². The van der Waals surface area contributed by atoms with Gasteiger partial charge in [-0.3, -0.25) is 4.79 Å². The van der Waals surface area contributed by atoms with E-state index >= 15 is 0 Å². The lowest BCUT2D eigenvalue weighted by atomic mass is 10.1. The predicted molar refractivity (Wildman–Crippen MR) is 109 cm³/mol. The number of hydrogen-bond acceptors (Lipinski definition) is 3. The van der Waals surface area contributed by atoms with Gasteiger partial charge >= 0.3 is 11.9 Å². The second-order valence-electron chi connectivity index (χ2n) is 7.32. The smallest absolute Gasteiger partial charge is 0.335 e. The van der Waals surface area contributed by atoms with E-state index < -0.39 is 36.4 Å². The Morgan fingerprint density at radius 3 is 2.60 bits per heavy atom. The highest BCUT2D eigenvalue weighted by molar-refractivity contribution is 5.87. The van der Waals surface area contributed by atoms with Crippen molar-refractivity contribution in [3.63, 3.8) is 0 Å². The van der Waals surface area contributed by atoms with E-state index in [2.05, 4.69) is 11.8 Å². The molecule has 1 heterocycles. The standard InChI is InChI=1S/C23H27F2NO4/c1-2-3-4-5-6-7-20(27)13-12-19-16-23(24,25)22(30)26(19)15-14-17-8-10-18(11-9-17)21(28)29/h8-13,19-20,27H,2-3,6-7,14-16H2,1H3,(H,28,29). The van der Waals surface area contributed by atoms with Crippen LogP contribution < -0.4 is 0 Å². The first kappa shape index (κ1) is 23.6. The molecule has 1 fully saturated rings. The van der Waals surface area contributed by atoms with Crippen LogP contribution in [0.25, 0.3) is 0 Å². The van der Waals surface area contributed by atoms with Gasteiger partial charge in [0, 0.05) is 25.8 Å². The number of unbranched alkanes of at least 4 members (excludes halogenated alkanes) is 1. The summed E-state index contributed by atoms with van der Waals surface area (Å²) in [6.07, 6.45) is 4.51. The Balaban J connectivity index is 1.97. The highest BCUT2D eigenvalue weighted by Crippen LogP contribution is 2.34. The van der Waals surface area contributed by atoms with Gasteiger partial charge in [-0.15, -0.1) is 11.8 Å². The number of aliphatic hydroxyl groups is 1. The Kier molecular flexibility index (Phi) is 8.55. The molecule has 0 spiro atoms. The topological polar surface area (TPSA) is 77.8 Å². The number of carbonyl (C=O) groups is 2. The van der Waals surface area contributed by atoms with Crippen LogP contribution in [-0.4, -0.2) is 51.6 Å². The van der Waals surface area contributed by atoms with E-state index in [1.807, 2.05) is 6.92 Å². The average Bonchev–Trinajstić information content (AvgIpc) is 2.93. The molecule has 1 saturated heterocycles. The minimum atomic E-state index is -3.43. The summed E-state index contributed by atoms with van der Waals surface area (Å²) in [7, 11) is 0. The van der Waals surface area contributed by atoms with Gasteiger partial charge in [0.05, 0.1) is 17.7 Å². The zero-order chi connectivity index (χ0) is 22.1. The van der Waals surface area contributed by atoms with E-state index in [9.17, 15) is 23.5 Å². The molecule has 30 heavy (non-hydrogen) atoms. The highest BCUT2D eigenvalue weighted by Gasteiger charge is 2.52. The molecule has 5 nitrogen and oxygen atoms in total. The molecular formula is C23H27F2NO4. The van der Waals surface area contributed by atoms with E-state index in [-0.39, 0.29) is 12.1 Å². The first-order chi connectivity index (χ1) is 14.2. The molecule has 1 aromatic carbocycles. The number of nitrogens with zero attached hydrogens (tertiary/aromatic N) is 1. The summed E-state index contributed by atoms with van der Waals surface area (Å²) in [6, 6.07) is 5.29. The van der Waals surface area contributed by atoms with Gasteiger partial charge in [0.2, 0.25) is 0 Å². The fraction of sp³-hybridized carbons (Fsp3) is 0.478. The molecule has 1 aliphatic heterocycles. The molecule has 2 N–H and O–H groups in total. The Morgan fingerprint density at radius 1 is 1.30 bits per heavy atom. The minimum absolute atomic E-state index is 0.0778. The number of likely N-dealkylation sites (tertiary alicyclic amines) is 1. The van der Waals surface area contributed by atoms with Crippen molar-refractivity contribution < 1.29 is 28.6 Å². The summed E-state index contributed by atoms with van der Waals surface area (Å²) in [5.41, 5.74) is 0.883. The van der Waals surface area contributed by atoms with Crippen LogP contribution in [0.5, 0.6) is 0 Å². The number of hydrogen-bond donors (Lipinski definition) is 2. The van der Waals surface area contributed by atoms with Gasteiger partial charge in [0.15, 0.2) is 0 Å².